The summed E-state index contributed by atoms with van der Waals surface area (Å²) in [5.41, 5.74) is 7.06. The molecule has 0 bridgehead atoms. The van der Waals surface area contributed by atoms with Gasteiger partial charge in [-0.15, -0.1) is 0 Å². The molecule has 1 aromatic carbocycles. The Kier molecular flexibility index (Phi) is 5.78. The lowest BCUT2D eigenvalue weighted by atomic mass is 10.1. The predicted molar refractivity (Wildman–Crippen MR) is 75.0 cm³/mol. The molecule has 1 rings (SSSR count). The summed E-state index contributed by atoms with van der Waals surface area (Å²) in [5, 5.41) is 2.65. The van der Waals surface area contributed by atoms with Gasteiger partial charge in [0.15, 0.2) is 0 Å². The van der Waals surface area contributed by atoms with E-state index >= 15 is 0 Å². The topological polar surface area (TPSA) is 101 Å². The van der Waals surface area contributed by atoms with E-state index in [2.05, 4.69) is 10.0 Å². The Hall–Kier alpha value is -1.60. The average Bonchev–Trinajstić information content (AvgIpc) is 2.38. The lowest BCUT2D eigenvalue weighted by molar-refractivity contribution is -0.120. The highest BCUT2D eigenvalue weighted by atomic mass is 32.2. The van der Waals surface area contributed by atoms with Crippen LogP contribution >= 0.6 is 0 Å². The fourth-order valence-corrected chi connectivity index (χ4v) is 2.01. The molecule has 0 unspecified atom stereocenters. The van der Waals surface area contributed by atoms with Crippen molar-refractivity contribution >= 4 is 21.6 Å². The fraction of sp³-hybridized carbons (Fsp3) is 0.417. The number of hydrogen-bond donors (Lipinski definition) is 3. The molecule has 0 fully saturated rings. The minimum Gasteiger partial charge on any atom is -0.399 e. The monoisotopic (exact) mass is 285 g/mol. The summed E-state index contributed by atoms with van der Waals surface area (Å²) in [7, 11) is -3.20. The number of amides is 1. The van der Waals surface area contributed by atoms with Crippen molar-refractivity contribution in [2.24, 2.45) is 0 Å². The van der Waals surface area contributed by atoms with Crippen LogP contribution in [0, 0.1) is 0 Å². The first-order valence-corrected chi connectivity index (χ1v) is 7.66. The molecule has 4 N–H and O–H groups in total. The summed E-state index contributed by atoms with van der Waals surface area (Å²) in [5.74, 6) is -0.118. The molecular formula is C12H19N3O3S. The smallest absolute Gasteiger partial charge is 0.224 e. The Morgan fingerprint density at radius 3 is 2.42 bits per heavy atom. The van der Waals surface area contributed by atoms with Gasteiger partial charge in [0, 0.05) is 18.8 Å². The van der Waals surface area contributed by atoms with Crippen molar-refractivity contribution in [2.75, 3.05) is 24.6 Å². The van der Waals surface area contributed by atoms with Crippen LogP contribution < -0.4 is 15.8 Å². The average molecular weight is 285 g/mol. The summed E-state index contributed by atoms with van der Waals surface area (Å²) in [6.07, 6.45) is 0.251. The molecule has 19 heavy (non-hydrogen) atoms. The van der Waals surface area contributed by atoms with Crippen LogP contribution in [-0.2, 0) is 21.2 Å². The summed E-state index contributed by atoms with van der Waals surface area (Å²) < 4.78 is 24.6. The zero-order valence-electron chi connectivity index (χ0n) is 10.8. The minimum absolute atomic E-state index is 0.0341. The number of sulfonamides is 1. The van der Waals surface area contributed by atoms with Crippen molar-refractivity contribution in [3.05, 3.63) is 29.8 Å². The maximum absolute atomic E-state index is 11.6. The Morgan fingerprint density at radius 2 is 1.84 bits per heavy atom. The van der Waals surface area contributed by atoms with E-state index in [0.29, 0.717) is 5.69 Å². The van der Waals surface area contributed by atoms with Crippen LogP contribution in [0.4, 0.5) is 5.69 Å². The van der Waals surface area contributed by atoms with Gasteiger partial charge in [-0.2, -0.15) is 0 Å². The Morgan fingerprint density at radius 1 is 1.21 bits per heavy atom. The van der Waals surface area contributed by atoms with E-state index in [0.717, 1.165) is 5.56 Å². The molecule has 0 spiro atoms. The zero-order valence-corrected chi connectivity index (χ0v) is 11.7. The maximum atomic E-state index is 11.6. The first kappa shape index (κ1) is 15.5. The fourth-order valence-electron chi connectivity index (χ4n) is 1.39. The number of benzene rings is 1. The third-order valence-corrected chi connectivity index (χ3v) is 3.90. The number of hydrogen-bond acceptors (Lipinski definition) is 4. The second kappa shape index (κ2) is 7.10. The van der Waals surface area contributed by atoms with Crippen molar-refractivity contribution < 1.29 is 13.2 Å². The molecule has 106 valence electrons. The van der Waals surface area contributed by atoms with Crippen LogP contribution in [-0.4, -0.2) is 33.2 Å². The van der Waals surface area contributed by atoms with E-state index in [4.69, 9.17) is 5.73 Å². The molecular weight excluding hydrogens is 266 g/mol. The van der Waals surface area contributed by atoms with E-state index in [1.807, 2.05) is 0 Å². The molecule has 0 saturated carbocycles. The Labute approximate surface area is 113 Å². The number of nitrogens with one attached hydrogen (secondary N) is 2. The molecule has 1 amide bonds. The van der Waals surface area contributed by atoms with Gasteiger partial charge in [0.2, 0.25) is 15.9 Å². The highest BCUT2D eigenvalue weighted by molar-refractivity contribution is 7.89. The van der Waals surface area contributed by atoms with Gasteiger partial charge < -0.3 is 11.1 Å². The molecule has 1 aromatic rings. The van der Waals surface area contributed by atoms with Gasteiger partial charge in [-0.1, -0.05) is 12.1 Å². The van der Waals surface area contributed by atoms with Crippen LogP contribution in [0.25, 0.3) is 0 Å². The summed E-state index contributed by atoms with van der Waals surface area (Å²) in [6.45, 7) is 2.03. The molecule has 0 aromatic heterocycles. The van der Waals surface area contributed by atoms with Crippen LogP contribution in [0.1, 0.15) is 12.5 Å². The molecule has 7 heteroatoms. The van der Waals surface area contributed by atoms with Gasteiger partial charge in [-0.3, -0.25) is 4.79 Å². The first-order valence-electron chi connectivity index (χ1n) is 6.01. The number of nitrogen functional groups attached to an aromatic ring is 1. The first-order chi connectivity index (χ1) is 8.93. The Bertz CT molecular complexity index is 512. The number of anilines is 1. The standard InChI is InChI=1S/C12H19N3O3S/c1-2-19(17,18)15-8-7-14-12(16)9-10-3-5-11(13)6-4-10/h3-6,15H,2,7-9,13H2,1H3,(H,14,16). The summed E-state index contributed by atoms with van der Waals surface area (Å²) in [6, 6.07) is 7.04. The molecule has 0 atom stereocenters. The van der Waals surface area contributed by atoms with Crippen LogP contribution in [0.5, 0.6) is 0 Å². The number of carbonyl (C=O) groups is 1. The van der Waals surface area contributed by atoms with E-state index in [-0.39, 0.29) is 31.2 Å². The normalized spacial score (nSPS) is 11.2. The van der Waals surface area contributed by atoms with Crippen LogP contribution in [0.15, 0.2) is 24.3 Å². The third kappa shape index (κ3) is 6.21. The van der Waals surface area contributed by atoms with E-state index in [1.54, 1.807) is 31.2 Å². The van der Waals surface area contributed by atoms with E-state index in [1.165, 1.54) is 0 Å². The lowest BCUT2D eigenvalue weighted by Gasteiger charge is -2.07. The lowest BCUT2D eigenvalue weighted by Crippen LogP contribution is -2.35. The summed E-state index contributed by atoms with van der Waals surface area (Å²) in [4.78, 5) is 11.6. The van der Waals surface area contributed by atoms with Gasteiger partial charge in [-0.25, -0.2) is 13.1 Å². The second-order valence-corrected chi connectivity index (χ2v) is 6.16. The highest BCUT2D eigenvalue weighted by Gasteiger charge is 2.06. The number of nitrogens with two attached hydrogens (primary N) is 1. The van der Waals surface area contributed by atoms with Crippen molar-refractivity contribution in [3.63, 3.8) is 0 Å². The number of rotatable bonds is 7. The quantitative estimate of drug-likeness (QED) is 0.479. The van der Waals surface area contributed by atoms with Crippen molar-refractivity contribution in [1.29, 1.82) is 0 Å². The molecule has 0 radical (unpaired) electrons. The third-order valence-electron chi connectivity index (χ3n) is 2.49. The molecule has 0 heterocycles. The van der Waals surface area contributed by atoms with E-state index < -0.39 is 10.0 Å². The molecule has 0 aliphatic heterocycles. The van der Waals surface area contributed by atoms with Crippen LogP contribution in [0.3, 0.4) is 0 Å². The van der Waals surface area contributed by atoms with Crippen molar-refractivity contribution in [1.82, 2.24) is 10.0 Å². The molecule has 0 aliphatic rings. The predicted octanol–water partition coefficient (Wildman–Crippen LogP) is -0.133. The Balaban J connectivity index is 2.27. The van der Waals surface area contributed by atoms with Gasteiger partial charge in [0.05, 0.1) is 12.2 Å². The number of carbonyl (C=O) groups excluding carboxylic acids is 1. The van der Waals surface area contributed by atoms with Crippen molar-refractivity contribution in [3.8, 4) is 0 Å². The van der Waals surface area contributed by atoms with E-state index in [9.17, 15) is 13.2 Å². The molecule has 0 saturated heterocycles. The van der Waals surface area contributed by atoms with Crippen LogP contribution in [0.2, 0.25) is 0 Å². The SMILES string of the molecule is CCS(=O)(=O)NCCNC(=O)Cc1ccc(N)cc1. The van der Waals surface area contributed by atoms with Crippen molar-refractivity contribution in [2.45, 2.75) is 13.3 Å². The largest absolute Gasteiger partial charge is 0.399 e. The van der Waals surface area contributed by atoms with Gasteiger partial charge in [0.1, 0.15) is 0 Å². The second-order valence-electron chi connectivity index (χ2n) is 4.07. The van der Waals surface area contributed by atoms with Gasteiger partial charge in [0.25, 0.3) is 0 Å². The van der Waals surface area contributed by atoms with Gasteiger partial charge >= 0.3 is 0 Å². The molecule has 0 aliphatic carbocycles. The summed E-state index contributed by atoms with van der Waals surface area (Å²) >= 11 is 0. The van der Waals surface area contributed by atoms with Gasteiger partial charge in [-0.05, 0) is 24.6 Å². The molecule has 6 nitrogen and oxygen atoms in total. The maximum Gasteiger partial charge on any atom is 0.224 e. The zero-order chi connectivity index (χ0) is 14.3. The highest BCUT2D eigenvalue weighted by Crippen LogP contribution is 2.05. The minimum atomic E-state index is -3.20.